The highest BCUT2D eigenvalue weighted by Gasteiger charge is 2.18. The molecule has 110 valence electrons. The van der Waals surface area contributed by atoms with Gasteiger partial charge in [0, 0.05) is 31.4 Å². The van der Waals surface area contributed by atoms with Gasteiger partial charge in [-0.1, -0.05) is 0 Å². The van der Waals surface area contributed by atoms with Crippen molar-refractivity contribution < 1.29 is 14.5 Å². The van der Waals surface area contributed by atoms with Crippen molar-refractivity contribution in [2.45, 2.75) is 20.0 Å². The number of non-ortho nitro benzene ring substituents is 1. The van der Waals surface area contributed by atoms with Gasteiger partial charge in [0.2, 0.25) is 0 Å². The molecule has 7 nitrogen and oxygen atoms in total. The largest absolute Gasteiger partial charge is 0.398 e. The molecule has 2 N–H and O–H groups in total. The first-order valence-electron chi connectivity index (χ1n) is 6.24. The predicted octanol–water partition coefficient (Wildman–Crippen LogP) is 1.67. The van der Waals surface area contributed by atoms with E-state index in [2.05, 4.69) is 0 Å². The van der Waals surface area contributed by atoms with E-state index < -0.39 is 4.92 Å². The number of rotatable bonds is 6. The third-order valence-electron chi connectivity index (χ3n) is 2.70. The van der Waals surface area contributed by atoms with E-state index in [9.17, 15) is 14.9 Å². The Kier molecular flexibility index (Phi) is 5.45. The number of carbonyl (C=O) groups is 1. The van der Waals surface area contributed by atoms with Gasteiger partial charge in [-0.25, -0.2) is 0 Å². The van der Waals surface area contributed by atoms with Gasteiger partial charge in [0.25, 0.3) is 11.6 Å². The van der Waals surface area contributed by atoms with E-state index in [0.717, 1.165) is 0 Å². The summed E-state index contributed by atoms with van der Waals surface area (Å²) in [5, 5.41) is 10.7. The summed E-state index contributed by atoms with van der Waals surface area (Å²) in [4.78, 5) is 23.8. The third-order valence-corrected chi connectivity index (χ3v) is 2.70. The molecule has 0 aliphatic heterocycles. The second kappa shape index (κ2) is 6.85. The molecular formula is C13H19N3O4. The van der Waals surface area contributed by atoms with Crippen LogP contribution < -0.4 is 5.73 Å². The molecule has 0 fully saturated rings. The van der Waals surface area contributed by atoms with E-state index in [1.54, 1.807) is 7.05 Å². The molecule has 0 saturated heterocycles. The molecule has 0 aliphatic rings. The lowest BCUT2D eigenvalue weighted by molar-refractivity contribution is -0.384. The molecule has 0 aliphatic carbocycles. The fourth-order valence-electron chi connectivity index (χ4n) is 1.58. The molecule has 0 radical (unpaired) electrons. The minimum atomic E-state index is -0.557. The molecule has 0 heterocycles. The fraction of sp³-hybridized carbons (Fsp3) is 0.462. The summed E-state index contributed by atoms with van der Waals surface area (Å²) in [5.41, 5.74) is 5.90. The van der Waals surface area contributed by atoms with Crippen LogP contribution >= 0.6 is 0 Å². The van der Waals surface area contributed by atoms with Crippen LogP contribution in [0.4, 0.5) is 11.4 Å². The molecular weight excluding hydrogens is 262 g/mol. The first-order valence-corrected chi connectivity index (χ1v) is 6.24. The summed E-state index contributed by atoms with van der Waals surface area (Å²) in [5.74, 6) is -0.362. The fourth-order valence-corrected chi connectivity index (χ4v) is 1.58. The van der Waals surface area contributed by atoms with E-state index in [1.807, 2.05) is 13.8 Å². The van der Waals surface area contributed by atoms with E-state index in [-0.39, 0.29) is 28.9 Å². The molecule has 1 aromatic carbocycles. The minimum absolute atomic E-state index is 0.0846. The number of nitrogens with two attached hydrogens (primary N) is 1. The van der Waals surface area contributed by atoms with Gasteiger partial charge in [0.15, 0.2) is 0 Å². The van der Waals surface area contributed by atoms with E-state index >= 15 is 0 Å². The molecule has 0 spiro atoms. The number of anilines is 1. The van der Waals surface area contributed by atoms with Crippen molar-refractivity contribution in [3.63, 3.8) is 0 Å². The lowest BCUT2D eigenvalue weighted by Crippen LogP contribution is -2.31. The highest BCUT2D eigenvalue weighted by atomic mass is 16.6. The van der Waals surface area contributed by atoms with E-state index in [0.29, 0.717) is 13.2 Å². The zero-order chi connectivity index (χ0) is 15.3. The Hall–Kier alpha value is -2.15. The van der Waals surface area contributed by atoms with Crippen molar-refractivity contribution >= 4 is 17.3 Å². The minimum Gasteiger partial charge on any atom is -0.398 e. The van der Waals surface area contributed by atoms with Gasteiger partial charge in [0.05, 0.1) is 23.2 Å². The number of carbonyl (C=O) groups excluding carboxylic acids is 1. The topological polar surface area (TPSA) is 98.7 Å². The van der Waals surface area contributed by atoms with Gasteiger partial charge >= 0.3 is 0 Å². The number of hydrogen-bond acceptors (Lipinski definition) is 5. The second-order valence-corrected chi connectivity index (χ2v) is 4.67. The quantitative estimate of drug-likeness (QED) is 0.486. The van der Waals surface area contributed by atoms with Crippen molar-refractivity contribution in [2.24, 2.45) is 0 Å². The van der Waals surface area contributed by atoms with Crippen LogP contribution in [0.5, 0.6) is 0 Å². The van der Waals surface area contributed by atoms with Crippen LogP contribution in [-0.4, -0.2) is 42.0 Å². The van der Waals surface area contributed by atoms with Crippen LogP contribution in [-0.2, 0) is 4.74 Å². The van der Waals surface area contributed by atoms with E-state index in [1.165, 1.54) is 23.1 Å². The summed E-state index contributed by atoms with van der Waals surface area (Å²) in [7, 11) is 1.60. The summed E-state index contributed by atoms with van der Waals surface area (Å²) in [6.07, 6.45) is 0.0846. The van der Waals surface area contributed by atoms with Crippen molar-refractivity contribution in [1.82, 2.24) is 4.90 Å². The third kappa shape index (κ3) is 4.20. The average Bonchev–Trinajstić information content (AvgIpc) is 2.37. The molecule has 20 heavy (non-hydrogen) atoms. The molecule has 1 aromatic rings. The van der Waals surface area contributed by atoms with Gasteiger partial charge in [0.1, 0.15) is 0 Å². The highest BCUT2D eigenvalue weighted by Crippen LogP contribution is 2.20. The number of nitrogens with zero attached hydrogens (tertiary/aromatic N) is 2. The van der Waals surface area contributed by atoms with Crippen molar-refractivity contribution in [3.05, 3.63) is 33.9 Å². The Morgan fingerprint density at radius 2 is 2.15 bits per heavy atom. The molecule has 0 unspecified atom stereocenters. The number of nitro groups is 1. The number of amides is 1. The molecule has 0 atom stereocenters. The maximum Gasteiger partial charge on any atom is 0.270 e. The lowest BCUT2D eigenvalue weighted by Gasteiger charge is -2.18. The van der Waals surface area contributed by atoms with Crippen LogP contribution in [0.3, 0.4) is 0 Å². The molecule has 1 rings (SSSR count). The zero-order valence-corrected chi connectivity index (χ0v) is 11.8. The number of nitrogen functional groups attached to an aromatic ring is 1. The standard InChI is InChI=1S/C13H19N3O4/c1-9(2)20-7-6-15(3)13(17)11-8-10(16(18)19)4-5-12(11)14/h4-5,8-9H,6-7,14H2,1-3H3. The van der Waals surface area contributed by atoms with Crippen molar-refractivity contribution in [3.8, 4) is 0 Å². The van der Waals surface area contributed by atoms with Crippen molar-refractivity contribution in [1.29, 1.82) is 0 Å². The van der Waals surface area contributed by atoms with Gasteiger partial charge in [-0.05, 0) is 19.9 Å². The first kappa shape index (κ1) is 15.9. The van der Waals surface area contributed by atoms with Gasteiger partial charge < -0.3 is 15.4 Å². The summed E-state index contributed by atoms with van der Waals surface area (Å²) >= 11 is 0. The molecule has 7 heteroatoms. The number of ether oxygens (including phenoxy) is 1. The SMILES string of the molecule is CC(C)OCCN(C)C(=O)c1cc([N+](=O)[O-])ccc1N. The summed E-state index contributed by atoms with van der Waals surface area (Å²) in [6.45, 7) is 4.59. The van der Waals surface area contributed by atoms with Crippen LogP contribution in [0.2, 0.25) is 0 Å². The van der Waals surface area contributed by atoms with Crippen molar-refractivity contribution in [2.75, 3.05) is 25.9 Å². The lowest BCUT2D eigenvalue weighted by atomic mass is 10.1. The number of hydrogen-bond donors (Lipinski definition) is 1. The van der Waals surface area contributed by atoms with E-state index in [4.69, 9.17) is 10.5 Å². The molecule has 0 aromatic heterocycles. The number of nitro benzene ring substituents is 1. The monoisotopic (exact) mass is 281 g/mol. The highest BCUT2D eigenvalue weighted by molar-refractivity contribution is 5.99. The zero-order valence-electron chi connectivity index (χ0n) is 11.8. The van der Waals surface area contributed by atoms with Crippen LogP contribution in [0, 0.1) is 10.1 Å². The average molecular weight is 281 g/mol. The van der Waals surface area contributed by atoms with Gasteiger partial charge in [-0.2, -0.15) is 0 Å². The first-order chi connectivity index (χ1) is 9.32. The second-order valence-electron chi connectivity index (χ2n) is 4.67. The Labute approximate surface area is 117 Å². The van der Waals surface area contributed by atoms with Gasteiger partial charge in [-0.15, -0.1) is 0 Å². The number of benzene rings is 1. The van der Waals surface area contributed by atoms with Crippen LogP contribution in [0.15, 0.2) is 18.2 Å². The Balaban J connectivity index is 2.80. The molecule has 0 bridgehead atoms. The maximum absolute atomic E-state index is 12.2. The normalized spacial score (nSPS) is 10.6. The molecule has 0 saturated carbocycles. The van der Waals surface area contributed by atoms with Crippen LogP contribution in [0.25, 0.3) is 0 Å². The number of likely N-dealkylation sites (N-methyl/N-ethyl adjacent to an activating group) is 1. The Morgan fingerprint density at radius 3 is 2.70 bits per heavy atom. The van der Waals surface area contributed by atoms with Crippen LogP contribution in [0.1, 0.15) is 24.2 Å². The van der Waals surface area contributed by atoms with Gasteiger partial charge in [-0.3, -0.25) is 14.9 Å². The summed E-state index contributed by atoms with van der Waals surface area (Å²) < 4.78 is 5.36. The maximum atomic E-state index is 12.2. The summed E-state index contributed by atoms with van der Waals surface area (Å²) in [6, 6.07) is 3.83. The Morgan fingerprint density at radius 1 is 1.50 bits per heavy atom. The predicted molar refractivity (Wildman–Crippen MR) is 75.6 cm³/mol. The smallest absolute Gasteiger partial charge is 0.270 e. The Bertz CT molecular complexity index is 502. The molecule has 1 amide bonds.